The second-order valence-electron chi connectivity index (χ2n) is 5.02. The highest BCUT2D eigenvalue weighted by Gasteiger charge is 2.24. The van der Waals surface area contributed by atoms with Crippen LogP contribution in [-0.2, 0) is 6.42 Å². The molecule has 3 rings (SSSR count). The van der Waals surface area contributed by atoms with E-state index in [2.05, 4.69) is 59.4 Å². The van der Waals surface area contributed by atoms with Gasteiger partial charge in [0, 0.05) is 16.9 Å². The van der Waals surface area contributed by atoms with Gasteiger partial charge < -0.3 is 4.74 Å². The maximum absolute atomic E-state index is 8.41. The normalized spacial score (nSPS) is 16.1. The number of hydrogen-bond acceptors (Lipinski definition) is 2. The Morgan fingerprint density at radius 3 is 2.95 bits per heavy atom. The van der Waals surface area contributed by atoms with Crippen molar-refractivity contribution in [1.29, 1.82) is 0 Å². The summed E-state index contributed by atoms with van der Waals surface area (Å²) in [7, 11) is 0. The average Bonchev–Trinajstić information content (AvgIpc) is 2.87. The fraction of sp³-hybridized carbons (Fsp3) is 0.250. The van der Waals surface area contributed by atoms with E-state index < -0.39 is 0 Å². The van der Waals surface area contributed by atoms with Gasteiger partial charge in [-0.3, -0.25) is 0 Å². The van der Waals surface area contributed by atoms with Crippen molar-refractivity contribution in [1.82, 2.24) is 0 Å². The summed E-state index contributed by atoms with van der Waals surface area (Å²) in [5.74, 6) is 0.927. The number of fused-ring (bicyclic) bond motifs is 1. The predicted octanol–water partition coefficient (Wildman–Crippen LogP) is 4.28. The molecule has 1 heterocycles. The minimum absolute atomic E-state index is 0.0492. The molecule has 0 N–H and O–H groups in total. The summed E-state index contributed by atoms with van der Waals surface area (Å²) < 4.78 is 5.97. The number of azide groups is 1. The molecule has 0 amide bonds. The van der Waals surface area contributed by atoms with E-state index >= 15 is 0 Å². The molecule has 20 heavy (non-hydrogen) atoms. The van der Waals surface area contributed by atoms with Crippen molar-refractivity contribution in [3.63, 3.8) is 0 Å². The Morgan fingerprint density at radius 1 is 1.30 bits per heavy atom. The van der Waals surface area contributed by atoms with Gasteiger partial charge in [-0.25, -0.2) is 0 Å². The predicted molar refractivity (Wildman–Crippen MR) is 78.7 cm³/mol. The molecule has 1 aliphatic rings. The lowest BCUT2D eigenvalue weighted by Crippen LogP contribution is -2.16. The van der Waals surface area contributed by atoms with E-state index in [1.54, 1.807) is 0 Å². The van der Waals surface area contributed by atoms with Gasteiger partial charge >= 0.3 is 0 Å². The number of hydrogen-bond donors (Lipinski definition) is 0. The van der Waals surface area contributed by atoms with E-state index in [4.69, 9.17) is 10.3 Å². The van der Waals surface area contributed by atoms with E-state index in [0.717, 1.165) is 23.3 Å². The Bertz CT molecular complexity index is 690. The number of rotatable bonds is 3. The molecule has 100 valence electrons. The zero-order valence-electron chi connectivity index (χ0n) is 11.3. The zero-order valence-corrected chi connectivity index (χ0v) is 11.3. The molecular formula is C16H15N3O. The van der Waals surface area contributed by atoms with Crippen molar-refractivity contribution in [2.75, 3.05) is 6.54 Å². The van der Waals surface area contributed by atoms with Crippen molar-refractivity contribution >= 4 is 0 Å². The van der Waals surface area contributed by atoms with Crippen LogP contribution in [0.25, 0.3) is 21.6 Å². The van der Waals surface area contributed by atoms with Crippen LogP contribution in [-0.4, -0.2) is 12.6 Å². The summed E-state index contributed by atoms with van der Waals surface area (Å²) in [5, 5.41) is 3.61. The highest BCUT2D eigenvalue weighted by molar-refractivity contribution is 5.73. The quantitative estimate of drug-likeness (QED) is 0.464. The lowest BCUT2D eigenvalue weighted by molar-refractivity contribution is 0.242. The first-order valence-electron chi connectivity index (χ1n) is 6.64. The first-order valence-corrected chi connectivity index (χ1v) is 6.64. The molecule has 0 radical (unpaired) electrons. The van der Waals surface area contributed by atoms with Crippen LogP contribution in [0.15, 0.2) is 47.6 Å². The number of benzene rings is 2. The van der Waals surface area contributed by atoms with Crippen LogP contribution in [0.5, 0.6) is 5.75 Å². The van der Waals surface area contributed by atoms with Crippen LogP contribution in [0.2, 0.25) is 0 Å². The molecule has 1 unspecified atom stereocenters. The van der Waals surface area contributed by atoms with Gasteiger partial charge in [0.05, 0.1) is 6.54 Å². The molecule has 4 heteroatoms. The van der Waals surface area contributed by atoms with E-state index in [1.807, 2.05) is 0 Å². The maximum Gasteiger partial charge on any atom is 0.130 e. The molecule has 0 aliphatic carbocycles. The summed E-state index contributed by atoms with van der Waals surface area (Å²) in [6.45, 7) is 2.45. The molecule has 2 aromatic rings. The van der Waals surface area contributed by atoms with Gasteiger partial charge in [-0.15, -0.1) is 0 Å². The van der Waals surface area contributed by atoms with Crippen molar-refractivity contribution in [2.45, 2.75) is 19.4 Å². The SMILES string of the molecule is Cc1cccc(-c2cccc3c2OC(CN=[N+]=[N-])C3)c1. The minimum Gasteiger partial charge on any atom is -0.489 e. The Morgan fingerprint density at radius 2 is 2.15 bits per heavy atom. The van der Waals surface area contributed by atoms with E-state index in [1.165, 1.54) is 11.1 Å². The van der Waals surface area contributed by atoms with E-state index in [9.17, 15) is 0 Å². The second-order valence-corrected chi connectivity index (χ2v) is 5.02. The fourth-order valence-electron chi connectivity index (χ4n) is 2.61. The Balaban J connectivity index is 1.97. The van der Waals surface area contributed by atoms with E-state index in [0.29, 0.717) is 6.54 Å². The lowest BCUT2D eigenvalue weighted by atomic mass is 9.99. The second kappa shape index (κ2) is 5.27. The Labute approximate surface area is 117 Å². The molecule has 1 atom stereocenters. The van der Waals surface area contributed by atoms with Crippen LogP contribution < -0.4 is 4.74 Å². The number of para-hydroxylation sites is 1. The van der Waals surface area contributed by atoms with Crippen molar-refractivity contribution in [3.8, 4) is 16.9 Å². The third-order valence-corrected chi connectivity index (χ3v) is 3.51. The first kappa shape index (κ1) is 12.6. The fourth-order valence-corrected chi connectivity index (χ4v) is 2.61. The lowest BCUT2D eigenvalue weighted by Gasteiger charge is -2.11. The highest BCUT2D eigenvalue weighted by Crippen LogP contribution is 2.38. The van der Waals surface area contributed by atoms with Crippen molar-refractivity contribution in [2.24, 2.45) is 5.11 Å². The third-order valence-electron chi connectivity index (χ3n) is 3.51. The van der Waals surface area contributed by atoms with Crippen LogP contribution in [0.3, 0.4) is 0 Å². The monoisotopic (exact) mass is 265 g/mol. The van der Waals surface area contributed by atoms with Gasteiger partial charge in [0.2, 0.25) is 0 Å². The smallest absolute Gasteiger partial charge is 0.130 e. The summed E-state index contributed by atoms with van der Waals surface area (Å²) in [6.07, 6.45) is 0.750. The molecule has 2 aromatic carbocycles. The summed E-state index contributed by atoms with van der Waals surface area (Å²) in [6, 6.07) is 14.6. The Hall–Kier alpha value is -2.45. The van der Waals surface area contributed by atoms with Gasteiger partial charge in [-0.1, -0.05) is 53.1 Å². The zero-order chi connectivity index (χ0) is 13.9. The van der Waals surface area contributed by atoms with Crippen LogP contribution in [0.4, 0.5) is 0 Å². The molecule has 4 nitrogen and oxygen atoms in total. The van der Waals surface area contributed by atoms with Crippen LogP contribution >= 0.6 is 0 Å². The molecule has 0 spiro atoms. The van der Waals surface area contributed by atoms with E-state index in [-0.39, 0.29) is 6.10 Å². The standard InChI is InChI=1S/C16H15N3O/c1-11-4-2-5-12(8-11)15-7-3-6-13-9-14(10-18-19-17)20-16(13)15/h2-8,14H,9-10H2,1H3. The van der Waals surface area contributed by atoms with Crippen LogP contribution in [0, 0.1) is 6.92 Å². The van der Waals surface area contributed by atoms with Gasteiger partial charge in [-0.05, 0) is 23.6 Å². The Kier molecular flexibility index (Phi) is 3.32. The molecule has 0 saturated carbocycles. The number of aryl methyl sites for hydroxylation is 1. The highest BCUT2D eigenvalue weighted by atomic mass is 16.5. The number of ether oxygens (including phenoxy) is 1. The van der Waals surface area contributed by atoms with Gasteiger partial charge in [0.25, 0.3) is 0 Å². The van der Waals surface area contributed by atoms with Crippen LogP contribution in [0.1, 0.15) is 11.1 Å². The summed E-state index contributed by atoms with van der Waals surface area (Å²) in [5.41, 5.74) is 13.1. The summed E-state index contributed by atoms with van der Waals surface area (Å²) >= 11 is 0. The molecule has 0 fully saturated rings. The van der Waals surface area contributed by atoms with Gasteiger partial charge in [0.1, 0.15) is 11.9 Å². The van der Waals surface area contributed by atoms with Crippen molar-refractivity contribution < 1.29 is 4.74 Å². The molecule has 0 saturated heterocycles. The molecule has 0 bridgehead atoms. The minimum atomic E-state index is -0.0492. The maximum atomic E-state index is 8.41. The molecule has 0 aromatic heterocycles. The van der Waals surface area contributed by atoms with Crippen molar-refractivity contribution in [3.05, 3.63) is 64.0 Å². The largest absolute Gasteiger partial charge is 0.489 e. The van der Waals surface area contributed by atoms with Gasteiger partial charge in [0.15, 0.2) is 0 Å². The first-order chi connectivity index (χ1) is 9.78. The number of nitrogens with zero attached hydrogens (tertiary/aromatic N) is 3. The third kappa shape index (κ3) is 2.33. The summed E-state index contributed by atoms with van der Waals surface area (Å²) in [4.78, 5) is 2.80. The van der Waals surface area contributed by atoms with Gasteiger partial charge in [-0.2, -0.15) is 0 Å². The topological polar surface area (TPSA) is 58.0 Å². The average molecular weight is 265 g/mol. The molecular weight excluding hydrogens is 250 g/mol. The molecule has 1 aliphatic heterocycles.